The molecule has 0 heterocycles. The van der Waals surface area contributed by atoms with Gasteiger partial charge >= 0.3 is 29.8 Å². The molecule has 0 aliphatic rings. The third-order valence-corrected chi connectivity index (χ3v) is 16.0. The maximum atomic E-state index is 13.1. The molecule has 1 atom stereocenters. The van der Waals surface area contributed by atoms with Gasteiger partial charge in [-0.15, -0.1) is 0 Å². The van der Waals surface area contributed by atoms with E-state index >= 15 is 0 Å². The van der Waals surface area contributed by atoms with E-state index in [-0.39, 0.29) is 62.1 Å². The number of hydrogen-bond acceptors (Lipinski definition) is 18. The highest BCUT2D eigenvalue weighted by atomic mass is 16.6. The van der Waals surface area contributed by atoms with Gasteiger partial charge in [0, 0.05) is 37.0 Å². The molecule has 1 unspecified atom stereocenters. The van der Waals surface area contributed by atoms with Crippen LogP contribution in [0.3, 0.4) is 0 Å². The van der Waals surface area contributed by atoms with Crippen LogP contribution < -0.4 is 37.9 Å². The maximum Gasteiger partial charge on any atom is 0.343 e. The number of Topliss-reactive ketones (excluding diaryl/α,β-unsaturated/α-hetero) is 2. The molecule has 10 rings (SSSR count). The van der Waals surface area contributed by atoms with Crippen LogP contribution in [0.15, 0.2) is 231 Å². The number of benzene rings is 10. The molecule has 18 heteroatoms. The summed E-state index contributed by atoms with van der Waals surface area (Å²) in [4.78, 5) is 84.9. The number of unbranched alkanes of at least 4 members (excludes halogenated alkanes) is 1. The molecule has 0 fully saturated rings. The van der Waals surface area contributed by atoms with Crippen molar-refractivity contribution >= 4 is 41.4 Å². The Morgan fingerprint density at radius 2 is 0.667 bits per heavy atom. The normalized spacial score (nSPS) is 10.9. The minimum absolute atomic E-state index is 0.00439. The molecular formula is C84H78O18. The van der Waals surface area contributed by atoms with Crippen LogP contribution in [-0.4, -0.2) is 82.1 Å². The number of esters is 5. The number of hydrogen-bond donors (Lipinski definition) is 0. The molecule has 0 saturated heterocycles. The highest BCUT2D eigenvalue weighted by molar-refractivity contribution is 5.95. The van der Waals surface area contributed by atoms with E-state index in [4.69, 9.17) is 52.1 Å². The molecule has 0 spiro atoms. The van der Waals surface area contributed by atoms with Crippen LogP contribution in [0.5, 0.6) is 63.2 Å². The fraction of sp³-hybridized carbons (Fsp3) is 0.202. The zero-order valence-electron chi connectivity index (χ0n) is 57.7. The van der Waals surface area contributed by atoms with Crippen molar-refractivity contribution in [3.05, 3.63) is 292 Å². The summed E-state index contributed by atoms with van der Waals surface area (Å²) >= 11 is 0. The Kier molecular flexibility index (Phi) is 27.0. The summed E-state index contributed by atoms with van der Waals surface area (Å²) in [5.41, 5.74) is 8.52. The SMILES string of the molecule is COCCOC(=O)CCCCC(=O)OCCOc1ccc(Oc2ccc(C(C)=O)cc2)cc1.COc1ccc(C(C)c2ccc(OC(=O)c3ccc(Oc4ccc(C(=O)Oc5ccc(Cc6ccc(OC(=O)c7ccc(Oc8ccc(C(C)=O)cc8)cc7)cc6)cc5)cc4)cc3)c(C)c2)cc1C. The van der Waals surface area contributed by atoms with Crippen molar-refractivity contribution in [2.24, 2.45) is 0 Å². The van der Waals surface area contributed by atoms with E-state index in [0.717, 1.165) is 33.6 Å². The molecule has 0 saturated carbocycles. The molecule has 18 nitrogen and oxygen atoms in total. The van der Waals surface area contributed by atoms with Gasteiger partial charge in [-0.2, -0.15) is 0 Å². The van der Waals surface area contributed by atoms with Gasteiger partial charge < -0.3 is 52.1 Å². The smallest absolute Gasteiger partial charge is 0.343 e. The van der Waals surface area contributed by atoms with Gasteiger partial charge in [0.2, 0.25) is 0 Å². The van der Waals surface area contributed by atoms with Gasteiger partial charge in [-0.1, -0.05) is 55.5 Å². The second-order valence-electron chi connectivity index (χ2n) is 23.6. The zero-order chi connectivity index (χ0) is 72.3. The largest absolute Gasteiger partial charge is 0.496 e. The number of ketones is 2. The lowest BCUT2D eigenvalue weighted by molar-refractivity contribution is -0.146. The maximum absolute atomic E-state index is 13.1. The lowest BCUT2D eigenvalue weighted by Crippen LogP contribution is -2.12. The Morgan fingerprint density at radius 3 is 1.02 bits per heavy atom. The minimum Gasteiger partial charge on any atom is -0.496 e. The molecule has 102 heavy (non-hydrogen) atoms. The molecule has 0 aliphatic carbocycles. The summed E-state index contributed by atoms with van der Waals surface area (Å²) in [6.45, 7) is 10.1. The molecule has 10 aromatic rings. The standard InChI is InChI=1S/C59H48O10.C25H30O8/c1-37-34-47(18-32-55(37)64-5)39(3)48-19-33-56(38(2)35-48)69-59(63)46-16-30-52(31-17-46)66-51-28-14-45(15-29-51)58(62)68-54-22-8-42(9-23-54)36-41-6-20-53(21-7-41)67-57(61)44-12-26-50(27-13-44)65-49-24-10-43(11-25-49)40(4)60;1-19(26)20-7-9-22(10-8-20)33-23-13-11-21(12-14-23)30-17-18-32-25(28)6-4-3-5-24(27)31-16-15-29-2/h6-35,39H,36H2,1-5H3;7-14H,3-6,15-18H2,1-2H3. The van der Waals surface area contributed by atoms with Gasteiger partial charge in [-0.05, 0) is 262 Å². The van der Waals surface area contributed by atoms with E-state index in [2.05, 4.69) is 19.1 Å². The monoisotopic (exact) mass is 1370 g/mol. The van der Waals surface area contributed by atoms with Gasteiger partial charge in [0.05, 0.1) is 30.4 Å². The Bertz CT molecular complexity index is 4450. The molecule has 0 N–H and O–H groups in total. The zero-order valence-corrected chi connectivity index (χ0v) is 57.7. The highest BCUT2D eigenvalue weighted by Crippen LogP contribution is 2.33. The van der Waals surface area contributed by atoms with Crippen LogP contribution >= 0.6 is 0 Å². The van der Waals surface area contributed by atoms with Gasteiger partial charge in [0.1, 0.15) is 83.1 Å². The van der Waals surface area contributed by atoms with E-state index in [0.29, 0.717) is 111 Å². The summed E-state index contributed by atoms with van der Waals surface area (Å²) in [6, 6.07) is 67.2. The molecule has 0 radical (unpaired) electrons. The average Bonchev–Trinajstić information content (AvgIpc) is 0.828. The number of aryl methyl sites for hydroxylation is 2. The minimum atomic E-state index is -0.518. The van der Waals surface area contributed by atoms with Crippen molar-refractivity contribution < 1.29 is 85.7 Å². The van der Waals surface area contributed by atoms with E-state index < -0.39 is 17.9 Å². The number of ether oxygens (including phenoxy) is 11. The highest BCUT2D eigenvalue weighted by Gasteiger charge is 2.18. The molecule has 522 valence electrons. The fourth-order valence-electron chi connectivity index (χ4n) is 10.2. The van der Waals surface area contributed by atoms with E-state index in [9.17, 15) is 33.6 Å². The summed E-state index contributed by atoms with van der Waals surface area (Å²) in [5.74, 6) is 4.15. The van der Waals surface area contributed by atoms with E-state index in [1.807, 2.05) is 62.4 Å². The quantitative estimate of drug-likeness (QED) is 0.0171. The fourth-order valence-corrected chi connectivity index (χ4v) is 10.2. The predicted molar refractivity (Wildman–Crippen MR) is 384 cm³/mol. The van der Waals surface area contributed by atoms with Gasteiger partial charge in [0.25, 0.3) is 0 Å². The molecule has 0 amide bonds. The third kappa shape index (κ3) is 22.7. The third-order valence-electron chi connectivity index (χ3n) is 16.0. The Morgan fingerprint density at radius 1 is 0.343 bits per heavy atom. The van der Waals surface area contributed by atoms with Crippen molar-refractivity contribution in [1.29, 1.82) is 0 Å². The number of carbonyl (C=O) groups excluding carboxylic acids is 7. The van der Waals surface area contributed by atoms with Crippen LogP contribution in [0.2, 0.25) is 0 Å². The van der Waals surface area contributed by atoms with Crippen molar-refractivity contribution in [2.75, 3.05) is 40.6 Å². The van der Waals surface area contributed by atoms with Crippen LogP contribution in [0.25, 0.3) is 0 Å². The lowest BCUT2D eigenvalue weighted by Gasteiger charge is -2.16. The Balaban J connectivity index is 0.000000308. The number of rotatable bonds is 31. The van der Waals surface area contributed by atoms with Crippen molar-refractivity contribution in [3.63, 3.8) is 0 Å². The van der Waals surface area contributed by atoms with E-state index in [1.54, 1.807) is 177 Å². The van der Waals surface area contributed by atoms with E-state index in [1.165, 1.54) is 26.5 Å². The number of methoxy groups -OCH3 is 2. The first-order valence-electron chi connectivity index (χ1n) is 33.0. The van der Waals surface area contributed by atoms with Crippen molar-refractivity contribution in [1.82, 2.24) is 0 Å². The summed E-state index contributed by atoms with van der Waals surface area (Å²) in [6.07, 6.45) is 2.23. The first-order valence-corrected chi connectivity index (χ1v) is 33.0. The van der Waals surface area contributed by atoms with Gasteiger partial charge in [-0.25, -0.2) is 14.4 Å². The summed E-state index contributed by atoms with van der Waals surface area (Å²) in [5, 5.41) is 0. The van der Waals surface area contributed by atoms with Crippen LogP contribution in [0.1, 0.15) is 138 Å². The first-order chi connectivity index (χ1) is 49.3. The second kappa shape index (κ2) is 37.2. The first kappa shape index (κ1) is 74.1. The van der Waals surface area contributed by atoms with Crippen molar-refractivity contribution in [3.8, 4) is 63.2 Å². The van der Waals surface area contributed by atoms with Crippen LogP contribution in [-0.2, 0) is 30.2 Å². The van der Waals surface area contributed by atoms with Crippen molar-refractivity contribution in [2.45, 2.75) is 72.6 Å². The van der Waals surface area contributed by atoms with Crippen LogP contribution in [0, 0.1) is 13.8 Å². The molecular weight excluding hydrogens is 1300 g/mol. The molecule has 0 bridgehead atoms. The number of carbonyl (C=O) groups is 7. The lowest BCUT2D eigenvalue weighted by atomic mass is 9.91. The molecule has 0 aliphatic heterocycles. The van der Waals surface area contributed by atoms with Gasteiger partial charge in [0.15, 0.2) is 11.6 Å². The molecule has 10 aromatic carbocycles. The Hall–Kier alpha value is -12.2. The summed E-state index contributed by atoms with van der Waals surface area (Å²) in [7, 11) is 3.20. The summed E-state index contributed by atoms with van der Waals surface area (Å²) < 4.78 is 60.4. The van der Waals surface area contributed by atoms with Crippen LogP contribution in [0.4, 0.5) is 0 Å². The molecule has 0 aromatic heterocycles. The topological polar surface area (TPSA) is 221 Å². The average molecular weight is 1380 g/mol. The second-order valence-corrected chi connectivity index (χ2v) is 23.6. The van der Waals surface area contributed by atoms with Gasteiger partial charge in [-0.3, -0.25) is 19.2 Å². The Labute approximate surface area is 592 Å². The predicted octanol–water partition coefficient (Wildman–Crippen LogP) is 17.9.